The number of carbonyl (C=O) groups is 1. The Balaban J connectivity index is 2.38. The Morgan fingerprint density at radius 1 is 1.19 bits per heavy atom. The first-order valence-electron chi connectivity index (χ1n) is 8.63. The van der Waals surface area contributed by atoms with E-state index in [0.29, 0.717) is 16.0 Å². The van der Waals surface area contributed by atoms with Crippen molar-refractivity contribution in [3.05, 3.63) is 50.9 Å². The lowest BCUT2D eigenvalue weighted by Gasteiger charge is -2.19. The molecule has 0 spiro atoms. The fourth-order valence-corrected chi connectivity index (χ4v) is 4.18. The van der Waals surface area contributed by atoms with E-state index in [0.717, 1.165) is 16.7 Å². The summed E-state index contributed by atoms with van der Waals surface area (Å²) in [6.45, 7) is 9.63. The van der Waals surface area contributed by atoms with Gasteiger partial charge in [0.15, 0.2) is 0 Å². The van der Waals surface area contributed by atoms with Gasteiger partial charge in [-0.25, -0.2) is 4.98 Å². The summed E-state index contributed by atoms with van der Waals surface area (Å²) in [4.78, 5) is 30.5. The molecule has 2 N–H and O–H groups in total. The minimum absolute atomic E-state index is 0.000519. The van der Waals surface area contributed by atoms with E-state index in [2.05, 4.69) is 6.07 Å². The third-order valence-corrected chi connectivity index (χ3v) is 5.53. The van der Waals surface area contributed by atoms with E-state index in [9.17, 15) is 9.59 Å². The molecule has 26 heavy (non-hydrogen) atoms. The zero-order chi connectivity index (χ0) is 19.2. The van der Waals surface area contributed by atoms with Gasteiger partial charge in [0.1, 0.15) is 16.7 Å². The van der Waals surface area contributed by atoms with Gasteiger partial charge in [-0.3, -0.25) is 14.2 Å². The second-order valence-corrected chi connectivity index (χ2v) is 7.88. The number of aryl methyl sites for hydroxylation is 2. The van der Waals surface area contributed by atoms with Crippen molar-refractivity contribution < 1.29 is 4.79 Å². The standard InChI is InChI=1S/C20H23N3O2S/c1-10(2)18-22-19-16(20(25)23(18)13(5)17(21)24)15(9-26-19)14-7-6-11(3)8-12(14)4/h6-10,13H,1-5H3,(H2,21,24). The Morgan fingerprint density at radius 3 is 2.46 bits per heavy atom. The van der Waals surface area contributed by atoms with E-state index in [4.69, 9.17) is 10.7 Å². The highest BCUT2D eigenvalue weighted by Crippen LogP contribution is 2.34. The second-order valence-electron chi connectivity index (χ2n) is 7.03. The first-order chi connectivity index (χ1) is 12.2. The Bertz CT molecular complexity index is 1060. The molecular weight excluding hydrogens is 346 g/mol. The summed E-state index contributed by atoms with van der Waals surface area (Å²) < 4.78 is 1.45. The molecular formula is C20H23N3O2S. The summed E-state index contributed by atoms with van der Waals surface area (Å²) in [6.07, 6.45) is 0. The molecule has 0 fully saturated rings. The summed E-state index contributed by atoms with van der Waals surface area (Å²) in [6, 6.07) is 5.42. The molecule has 0 radical (unpaired) electrons. The minimum Gasteiger partial charge on any atom is -0.368 e. The van der Waals surface area contributed by atoms with Crippen LogP contribution in [0.1, 0.15) is 49.7 Å². The third-order valence-electron chi connectivity index (χ3n) is 4.65. The quantitative estimate of drug-likeness (QED) is 0.757. The number of nitrogens with zero attached hydrogens (tertiary/aromatic N) is 2. The van der Waals surface area contributed by atoms with Crippen LogP contribution in [-0.4, -0.2) is 15.5 Å². The van der Waals surface area contributed by atoms with Gasteiger partial charge in [-0.15, -0.1) is 11.3 Å². The van der Waals surface area contributed by atoms with E-state index in [1.807, 2.05) is 45.2 Å². The van der Waals surface area contributed by atoms with E-state index in [1.165, 1.54) is 21.5 Å². The lowest BCUT2D eigenvalue weighted by atomic mass is 9.99. The molecule has 0 aliphatic heterocycles. The molecule has 0 aliphatic rings. The van der Waals surface area contributed by atoms with Crippen LogP contribution in [0.25, 0.3) is 21.3 Å². The molecule has 3 aromatic rings. The van der Waals surface area contributed by atoms with Gasteiger partial charge in [0.2, 0.25) is 5.91 Å². The molecule has 1 aromatic carbocycles. The molecule has 5 nitrogen and oxygen atoms in total. The normalized spacial score (nSPS) is 12.7. The number of thiophene rings is 1. The molecule has 2 heterocycles. The average Bonchev–Trinajstić information content (AvgIpc) is 2.98. The largest absolute Gasteiger partial charge is 0.368 e. The fraction of sp³-hybridized carbons (Fsp3) is 0.350. The third kappa shape index (κ3) is 2.94. The summed E-state index contributed by atoms with van der Waals surface area (Å²) in [5.41, 5.74) is 9.43. The number of hydrogen-bond donors (Lipinski definition) is 1. The van der Waals surface area contributed by atoms with Gasteiger partial charge in [0, 0.05) is 16.9 Å². The number of nitrogens with two attached hydrogens (primary N) is 1. The van der Waals surface area contributed by atoms with Crippen molar-refractivity contribution >= 4 is 27.5 Å². The number of hydrogen-bond acceptors (Lipinski definition) is 4. The molecule has 2 aromatic heterocycles. The molecule has 136 valence electrons. The van der Waals surface area contributed by atoms with Crippen LogP contribution in [0.15, 0.2) is 28.4 Å². The van der Waals surface area contributed by atoms with Gasteiger partial charge < -0.3 is 5.73 Å². The summed E-state index contributed by atoms with van der Waals surface area (Å²) in [5.74, 6) is 0.0434. The topological polar surface area (TPSA) is 78.0 Å². The number of carbonyl (C=O) groups excluding carboxylic acids is 1. The maximum atomic E-state index is 13.4. The van der Waals surface area contributed by atoms with Crippen LogP contribution in [0, 0.1) is 13.8 Å². The number of aromatic nitrogens is 2. The molecule has 3 rings (SSSR count). The zero-order valence-electron chi connectivity index (χ0n) is 15.7. The molecule has 1 amide bonds. The predicted molar refractivity (Wildman–Crippen MR) is 107 cm³/mol. The lowest BCUT2D eigenvalue weighted by molar-refractivity contribution is -0.120. The van der Waals surface area contributed by atoms with Gasteiger partial charge >= 0.3 is 0 Å². The number of rotatable bonds is 4. The smallest absolute Gasteiger partial charge is 0.263 e. The highest BCUT2D eigenvalue weighted by atomic mass is 32.1. The lowest BCUT2D eigenvalue weighted by Crippen LogP contribution is -2.35. The van der Waals surface area contributed by atoms with E-state index >= 15 is 0 Å². The molecule has 0 saturated heterocycles. The van der Waals surface area contributed by atoms with Crippen LogP contribution in [0.4, 0.5) is 0 Å². The SMILES string of the molecule is Cc1ccc(-c2csc3nc(C(C)C)n(C(C)C(N)=O)c(=O)c23)c(C)c1. The van der Waals surface area contributed by atoms with Crippen molar-refractivity contribution in [2.75, 3.05) is 0 Å². The Kier molecular flexibility index (Phi) is 4.71. The zero-order valence-corrected chi connectivity index (χ0v) is 16.5. The van der Waals surface area contributed by atoms with Crippen LogP contribution in [0.5, 0.6) is 0 Å². The van der Waals surface area contributed by atoms with Crippen molar-refractivity contribution in [1.29, 1.82) is 0 Å². The van der Waals surface area contributed by atoms with Crippen LogP contribution in [-0.2, 0) is 4.79 Å². The van der Waals surface area contributed by atoms with Gasteiger partial charge in [0.25, 0.3) is 5.56 Å². The number of fused-ring (bicyclic) bond motifs is 1. The Labute approximate surface area is 156 Å². The maximum Gasteiger partial charge on any atom is 0.263 e. The first kappa shape index (κ1) is 18.3. The van der Waals surface area contributed by atoms with Crippen molar-refractivity contribution in [2.45, 2.75) is 46.6 Å². The van der Waals surface area contributed by atoms with Crippen LogP contribution in [0.3, 0.4) is 0 Å². The van der Waals surface area contributed by atoms with Crippen LogP contribution >= 0.6 is 11.3 Å². The van der Waals surface area contributed by atoms with E-state index < -0.39 is 11.9 Å². The average molecular weight is 369 g/mol. The molecule has 0 saturated carbocycles. The molecule has 0 aliphatic carbocycles. The minimum atomic E-state index is -0.747. The second kappa shape index (κ2) is 6.68. The number of amides is 1. The molecule has 1 atom stereocenters. The first-order valence-corrected chi connectivity index (χ1v) is 9.51. The van der Waals surface area contributed by atoms with Crippen molar-refractivity contribution in [2.24, 2.45) is 5.73 Å². The summed E-state index contributed by atoms with van der Waals surface area (Å²) >= 11 is 1.46. The number of benzene rings is 1. The monoisotopic (exact) mass is 369 g/mol. The van der Waals surface area contributed by atoms with Crippen LogP contribution in [0.2, 0.25) is 0 Å². The van der Waals surface area contributed by atoms with E-state index in [1.54, 1.807) is 6.92 Å². The fourth-order valence-electron chi connectivity index (χ4n) is 3.24. The molecule has 0 bridgehead atoms. The van der Waals surface area contributed by atoms with Crippen molar-refractivity contribution in [3.8, 4) is 11.1 Å². The van der Waals surface area contributed by atoms with Crippen LogP contribution < -0.4 is 11.3 Å². The summed E-state index contributed by atoms with van der Waals surface area (Å²) in [5, 5.41) is 2.53. The van der Waals surface area contributed by atoms with Gasteiger partial charge in [-0.05, 0) is 31.9 Å². The maximum absolute atomic E-state index is 13.4. The Morgan fingerprint density at radius 2 is 1.88 bits per heavy atom. The van der Waals surface area contributed by atoms with Gasteiger partial charge in [0.05, 0.1) is 5.39 Å². The Hall–Kier alpha value is -2.47. The van der Waals surface area contributed by atoms with Crippen molar-refractivity contribution in [1.82, 2.24) is 9.55 Å². The van der Waals surface area contributed by atoms with Gasteiger partial charge in [-0.2, -0.15) is 0 Å². The highest BCUT2D eigenvalue weighted by molar-refractivity contribution is 7.17. The predicted octanol–water partition coefficient (Wildman–Crippen LogP) is 3.91. The number of primary amides is 1. The van der Waals surface area contributed by atoms with Gasteiger partial charge in [-0.1, -0.05) is 37.6 Å². The van der Waals surface area contributed by atoms with E-state index in [-0.39, 0.29) is 11.5 Å². The molecule has 6 heteroatoms. The molecule has 1 unspecified atom stereocenters. The highest BCUT2D eigenvalue weighted by Gasteiger charge is 2.24. The van der Waals surface area contributed by atoms with Crippen molar-refractivity contribution in [3.63, 3.8) is 0 Å². The summed E-state index contributed by atoms with van der Waals surface area (Å²) in [7, 11) is 0.